The molecule has 0 atom stereocenters. The number of rotatable bonds is 4. The van der Waals surface area contributed by atoms with E-state index in [2.05, 4.69) is 10.9 Å². The molecule has 2 aromatic rings. The Labute approximate surface area is 143 Å². The van der Waals surface area contributed by atoms with Crippen molar-refractivity contribution in [2.75, 3.05) is 0 Å². The lowest BCUT2D eigenvalue weighted by atomic mass is 10.2. The molecule has 0 aliphatic heterocycles. The van der Waals surface area contributed by atoms with Crippen molar-refractivity contribution in [1.29, 1.82) is 0 Å². The van der Waals surface area contributed by atoms with E-state index in [4.69, 9.17) is 11.6 Å². The van der Waals surface area contributed by atoms with Gasteiger partial charge in [-0.05, 0) is 36.6 Å². The molecule has 0 saturated heterocycles. The molecule has 1 aliphatic rings. The van der Waals surface area contributed by atoms with Crippen molar-refractivity contribution in [2.45, 2.75) is 19.4 Å². The van der Waals surface area contributed by atoms with E-state index in [9.17, 15) is 14.4 Å². The predicted molar refractivity (Wildman–Crippen MR) is 89.6 cm³/mol. The number of pyridine rings is 1. The number of hydrazine groups is 1. The molecule has 0 spiro atoms. The van der Waals surface area contributed by atoms with Gasteiger partial charge in [-0.15, -0.1) is 0 Å². The Kier molecular flexibility index (Phi) is 4.66. The zero-order chi connectivity index (χ0) is 17.1. The fourth-order valence-electron chi connectivity index (χ4n) is 2.21. The molecule has 1 aromatic carbocycles. The quantitative estimate of drug-likeness (QED) is 0.828. The standard InChI is InChI=1S/C17H16ClN3O3/c18-14-6-1-11(2-7-14)9-21-10-13(5-8-15(21)22)17(24)20-19-16(23)12-3-4-12/h1-2,5-8,10,12H,3-4,9H2,(H,19,23)(H,20,24). The fraction of sp³-hybridized carbons (Fsp3) is 0.235. The molecule has 1 saturated carbocycles. The second-order valence-corrected chi connectivity index (χ2v) is 6.16. The van der Waals surface area contributed by atoms with E-state index >= 15 is 0 Å². The maximum Gasteiger partial charge on any atom is 0.271 e. The molecular formula is C17H16ClN3O3. The zero-order valence-electron chi connectivity index (χ0n) is 12.8. The molecule has 1 heterocycles. The summed E-state index contributed by atoms with van der Waals surface area (Å²) in [5.74, 6) is -0.643. The number of carbonyl (C=O) groups excluding carboxylic acids is 2. The van der Waals surface area contributed by atoms with Crippen molar-refractivity contribution in [3.63, 3.8) is 0 Å². The largest absolute Gasteiger partial charge is 0.310 e. The van der Waals surface area contributed by atoms with Crippen LogP contribution in [-0.2, 0) is 11.3 Å². The van der Waals surface area contributed by atoms with Crippen LogP contribution in [0.25, 0.3) is 0 Å². The highest BCUT2D eigenvalue weighted by atomic mass is 35.5. The molecule has 7 heteroatoms. The topological polar surface area (TPSA) is 80.2 Å². The molecule has 0 radical (unpaired) electrons. The number of nitrogens with one attached hydrogen (secondary N) is 2. The van der Waals surface area contributed by atoms with Gasteiger partial charge in [0, 0.05) is 23.2 Å². The van der Waals surface area contributed by atoms with Crippen LogP contribution in [0.15, 0.2) is 47.4 Å². The lowest BCUT2D eigenvalue weighted by Gasteiger charge is -2.10. The molecular weight excluding hydrogens is 330 g/mol. The SMILES string of the molecule is O=C(NNC(=O)C1CC1)c1ccc(=O)n(Cc2ccc(Cl)cc2)c1. The molecule has 1 aromatic heterocycles. The van der Waals surface area contributed by atoms with Crippen molar-refractivity contribution in [3.8, 4) is 0 Å². The Hall–Kier alpha value is -2.60. The first kappa shape index (κ1) is 16.3. The molecule has 2 amide bonds. The number of carbonyl (C=O) groups is 2. The summed E-state index contributed by atoms with van der Waals surface area (Å²) < 4.78 is 1.43. The number of aromatic nitrogens is 1. The minimum atomic E-state index is -0.464. The van der Waals surface area contributed by atoms with Gasteiger partial charge < -0.3 is 4.57 Å². The average Bonchev–Trinajstić information content (AvgIpc) is 3.41. The summed E-state index contributed by atoms with van der Waals surface area (Å²) in [4.78, 5) is 35.6. The van der Waals surface area contributed by atoms with Crippen LogP contribution in [0.2, 0.25) is 5.02 Å². The maximum atomic E-state index is 12.1. The molecule has 24 heavy (non-hydrogen) atoms. The molecule has 2 N–H and O–H groups in total. The average molecular weight is 346 g/mol. The summed E-state index contributed by atoms with van der Waals surface area (Å²) in [7, 11) is 0. The maximum absolute atomic E-state index is 12.1. The van der Waals surface area contributed by atoms with Crippen LogP contribution in [0, 0.1) is 5.92 Å². The highest BCUT2D eigenvalue weighted by Crippen LogP contribution is 2.28. The lowest BCUT2D eigenvalue weighted by Crippen LogP contribution is -2.42. The third-order valence-electron chi connectivity index (χ3n) is 3.76. The Morgan fingerprint density at radius 2 is 1.79 bits per heavy atom. The molecule has 1 aliphatic carbocycles. The van der Waals surface area contributed by atoms with Gasteiger partial charge in [0.25, 0.3) is 11.5 Å². The highest BCUT2D eigenvalue weighted by molar-refractivity contribution is 6.30. The van der Waals surface area contributed by atoms with E-state index in [1.807, 2.05) is 12.1 Å². The van der Waals surface area contributed by atoms with Crippen LogP contribution in [0.1, 0.15) is 28.8 Å². The minimum absolute atomic E-state index is 0.00385. The Balaban J connectivity index is 1.70. The van der Waals surface area contributed by atoms with Crippen LogP contribution in [-0.4, -0.2) is 16.4 Å². The summed E-state index contributed by atoms with van der Waals surface area (Å²) in [6.07, 6.45) is 3.18. The summed E-state index contributed by atoms with van der Waals surface area (Å²) in [6.45, 7) is 0.325. The summed E-state index contributed by atoms with van der Waals surface area (Å²) in [6, 6.07) is 9.87. The number of benzene rings is 1. The second-order valence-electron chi connectivity index (χ2n) is 5.73. The number of nitrogens with zero attached hydrogens (tertiary/aromatic N) is 1. The van der Waals surface area contributed by atoms with Gasteiger partial charge in [-0.2, -0.15) is 0 Å². The van der Waals surface area contributed by atoms with Gasteiger partial charge >= 0.3 is 0 Å². The van der Waals surface area contributed by atoms with Crippen molar-refractivity contribution in [1.82, 2.24) is 15.4 Å². The zero-order valence-corrected chi connectivity index (χ0v) is 13.5. The summed E-state index contributed by atoms with van der Waals surface area (Å²) >= 11 is 5.84. The monoisotopic (exact) mass is 345 g/mol. The van der Waals surface area contributed by atoms with Gasteiger partial charge in [-0.3, -0.25) is 25.2 Å². The van der Waals surface area contributed by atoms with Crippen LogP contribution >= 0.6 is 11.6 Å². The first-order chi connectivity index (χ1) is 11.5. The molecule has 1 fully saturated rings. The number of halogens is 1. The van der Waals surface area contributed by atoms with Crippen LogP contribution < -0.4 is 16.4 Å². The minimum Gasteiger partial charge on any atom is -0.310 e. The normalized spacial score (nSPS) is 13.4. The number of hydrogen-bond acceptors (Lipinski definition) is 3. The fourth-order valence-corrected chi connectivity index (χ4v) is 2.34. The van der Waals surface area contributed by atoms with Crippen LogP contribution in [0.5, 0.6) is 0 Å². The van der Waals surface area contributed by atoms with Gasteiger partial charge in [0.1, 0.15) is 0 Å². The molecule has 3 rings (SSSR count). The Bertz CT molecular complexity index is 826. The third-order valence-corrected chi connectivity index (χ3v) is 4.01. The van der Waals surface area contributed by atoms with Crippen molar-refractivity contribution < 1.29 is 9.59 Å². The second kappa shape index (κ2) is 6.88. The van der Waals surface area contributed by atoms with Crippen LogP contribution in [0.4, 0.5) is 0 Å². The smallest absolute Gasteiger partial charge is 0.271 e. The van der Waals surface area contributed by atoms with E-state index in [0.29, 0.717) is 17.1 Å². The first-order valence-corrected chi connectivity index (χ1v) is 7.96. The number of amides is 2. The highest BCUT2D eigenvalue weighted by Gasteiger charge is 2.29. The van der Waals surface area contributed by atoms with Gasteiger partial charge in [-0.25, -0.2) is 0 Å². The van der Waals surface area contributed by atoms with E-state index in [1.165, 1.54) is 22.9 Å². The van der Waals surface area contributed by atoms with Crippen molar-refractivity contribution in [3.05, 3.63) is 69.1 Å². The lowest BCUT2D eigenvalue weighted by molar-refractivity contribution is -0.123. The molecule has 0 bridgehead atoms. The third kappa shape index (κ3) is 4.02. The van der Waals surface area contributed by atoms with E-state index in [1.54, 1.807) is 12.1 Å². The van der Waals surface area contributed by atoms with Gasteiger partial charge in [0.2, 0.25) is 5.91 Å². The van der Waals surface area contributed by atoms with Gasteiger partial charge in [0.05, 0.1) is 12.1 Å². The predicted octanol–water partition coefficient (Wildman–Crippen LogP) is 1.72. The van der Waals surface area contributed by atoms with Crippen molar-refractivity contribution in [2.24, 2.45) is 5.92 Å². The van der Waals surface area contributed by atoms with Gasteiger partial charge in [-0.1, -0.05) is 23.7 Å². The van der Waals surface area contributed by atoms with E-state index in [0.717, 1.165) is 18.4 Å². The Morgan fingerprint density at radius 3 is 2.46 bits per heavy atom. The summed E-state index contributed by atoms with van der Waals surface area (Å²) in [5, 5.41) is 0.616. The van der Waals surface area contributed by atoms with E-state index in [-0.39, 0.29) is 17.4 Å². The Morgan fingerprint density at radius 1 is 1.08 bits per heavy atom. The van der Waals surface area contributed by atoms with E-state index < -0.39 is 5.91 Å². The summed E-state index contributed by atoms with van der Waals surface area (Å²) in [5.41, 5.74) is 5.72. The number of hydrogen-bond donors (Lipinski definition) is 2. The van der Waals surface area contributed by atoms with Crippen molar-refractivity contribution >= 4 is 23.4 Å². The first-order valence-electron chi connectivity index (χ1n) is 7.58. The van der Waals surface area contributed by atoms with Crippen LogP contribution in [0.3, 0.4) is 0 Å². The molecule has 6 nitrogen and oxygen atoms in total. The van der Waals surface area contributed by atoms with Gasteiger partial charge in [0.15, 0.2) is 0 Å². The molecule has 124 valence electrons. The molecule has 0 unspecified atom stereocenters.